The molecule has 166 valence electrons. The van der Waals surface area contributed by atoms with E-state index in [4.69, 9.17) is 0 Å². The Kier molecular flexibility index (Phi) is 6.21. The summed E-state index contributed by atoms with van der Waals surface area (Å²) < 4.78 is 0.493. The summed E-state index contributed by atoms with van der Waals surface area (Å²) in [5, 5.41) is 2.61. The largest absolute Gasteiger partial charge is 0.119 e. The third-order valence-electron chi connectivity index (χ3n) is 8.08. The van der Waals surface area contributed by atoms with Gasteiger partial charge in [-0.2, -0.15) is 0 Å². The first-order valence-corrected chi connectivity index (χ1v) is 13.3. The molecule has 1 heteroatoms. The van der Waals surface area contributed by atoms with Crippen molar-refractivity contribution in [2.45, 2.75) is 74.4 Å². The van der Waals surface area contributed by atoms with Crippen molar-refractivity contribution in [3.05, 3.63) is 78.9 Å². The minimum Gasteiger partial charge on any atom is -0.119 e. The van der Waals surface area contributed by atoms with Crippen molar-refractivity contribution in [2.24, 2.45) is 11.8 Å². The molecule has 0 radical (unpaired) electrons. The van der Waals surface area contributed by atoms with Crippen LogP contribution in [-0.4, -0.2) is 4.75 Å². The van der Waals surface area contributed by atoms with Crippen molar-refractivity contribution in [3.63, 3.8) is 0 Å². The van der Waals surface area contributed by atoms with Gasteiger partial charge in [0.1, 0.15) is 0 Å². The highest BCUT2D eigenvalue weighted by Crippen LogP contribution is 2.55. The Hall–Kier alpha value is -1.99. The summed E-state index contributed by atoms with van der Waals surface area (Å²) in [6, 6.07) is 23.0. The lowest BCUT2D eigenvalue weighted by Gasteiger charge is -2.48. The summed E-state index contributed by atoms with van der Waals surface area (Å²) in [5.41, 5.74) is 3.95. The smallest absolute Gasteiger partial charge is 0.0212 e. The Morgan fingerprint density at radius 1 is 1.00 bits per heavy atom. The molecule has 4 unspecified atom stereocenters. The number of hydrogen-bond acceptors (Lipinski definition) is 1. The first-order chi connectivity index (χ1) is 15.6. The second-order valence-corrected chi connectivity index (χ2v) is 11.9. The van der Waals surface area contributed by atoms with Crippen LogP contribution in [0.4, 0.5) is 0 Å². The third-order valence-corrected chi connectivity index (χ3v) is 9.55. The van der Waals surface area contributed by atoms with Crippen LogP contribution >= 0.6 is 11.8 Å². The molecule has 3 aromatic carbocycles. The molecule has 5 rings (SSSR count). The summed E-state index contributed by atoms with van der Waals surface area (Å²) in [6.07, 6.45) is 12.0. The molecule has 2 aliphatic carbocycles. The molecule has 0 aromatic heterocycles. The Bertz CT molecular complexity index is 1100. The highest BCUT2D eigenvalue weighted by Gasteiger charge is 2.43. The second kappa shape index (κ2) is 9.10. The summed E-state index contributed by atoms with van der Waals surface area (Å²) in [6.45, 7) is 8.53. The quantitative estimate of drug-likeness (QED) is 0.344. The topological polar surface area (TPSA) is 0 Å². The van der Waals surface area contributed by atoms with Gasteiger partial charge in [0.15, 0.2) is 0 Å². The lowest BCUT2D eigenvalue weighted by atomic mass is 9.67. The molecule has 2 saturated carbocycles. The van der Waals surface area contributed by atoms with Crippen molar-refractivity contribution in [2.75, 3.05) is 0 Å². The van der Waals surface area contributed by atoms with Gasteiger partial charge < -0.3 is 0 Å². The molecule has 0 aliphatic heterocycles. The Labute approximate surface area is 198 Å². The number of allylic oxidation sites excluding steroid dienone is 1. The van der Waals surface area contributed by atoms with Gasteiger partial charge in [0, 0.05) is 9.64 Å². The number of benzene rings is 3. The highest BCUT2D eigenvalue weighted by atomic mass is 32.2. The minimum atomic E-state index is 0.389. The second-order valence-electron chi connectivity index (χ2n) is 10.3. The summed E-state index contributed by atoms with van der Waals surface area (Å²) in [5.74, 6) is 2.30. The normalized spacial score (nSPS) is 26.1. The first-order valence-electron chi connectivity index (χ1n) is 12.5. The van der Waals surface area contributed by atoms with Gasteiger partial charge in [-0.25, -0.2) is 0 Å². The summed E-state index contributed by atoms with van der Waals surface area (Å²) >= 11 is 2.19. The molecule has 2 fully saturated rings. The van der Waals surface area contributed by atoms with Crippen LogP contribution in [0, 0.1) is 11.8 Å². The van der Waals surface area contributed by atoms with Crippen molar-refractivity contribution in [1.82, 2.24) is 0 Å². The molecule has 0 heterocycles. The summed E-state index contributed by atoms with van der Waals surface area (Å²) in [4.78, 5) is 1.45. The number of fused-ring (bicyclic) bond motifs is 3. The van der Waals surface area contributed by atoms with Crippen molar-refractivity contribution in [3.8, 4) is 11.1 Å². The zero-order valence-electron chi connectivity index (χ0n) is 19.6. The molecule has 0 nitrogen and oxygen atoms in total. The lowest BCUT2D eigenvalue weighted by Crippen LogP contribution is -2.39. The van der Waals surface area contributed by atoms with E-state index in [1.165, 1.54) is 77.3 Å². The Morgan fingerprint density at radius 3 is 2.53 bits per heavy atom. The average Bonchev–Trinajstić information content (AvgIpc) is 2.83. The lowest BCUT2D eigenvalue weighted by molar-refractivity contribution is 0.158. The van der Waals surface area contributed by atoms with E-state index in [2.05, 4.69) is 92.9 Å². The molecule has 2 aliphatic rings. The van der Waals surface area contributed by atoms with Gasteiger partial charge in [0.25, 0.3) is 0 Å². The van der Waals surface area contributed by atoms with Gasteiger partial charge in [0.05, 0.1) is 0 Å². The van der Waals surface area contributed by atoms with Gasteiger partial charge in [-0.15, -0.1) is 18.3 Å². The van der Waals surface area contributed by atoms with Crippen LogP contribution in [-0.2, 0) is 0 Å². The highest BCUT2D eigenvalue weighted by molar-refractivity contribution is 8.00. The van der Waals surface area contributed by atoms with E-state index in [1.807, 2.05) is 6.08 Å². The van der Waals surface area contributed by atoms with Gasteiger partial charge >= 0.3 is 0 Å². The van der Waals surface area contributed by atoms with E-state index in [0.29, 0.717) is 10.7 Å². The summed E-state index contributed by atoms with van der Waals surface area (Å²) in [7, 11) is 0. The van der Waals surface area contributed by atoms with Gasteiger partial charge in [0.2, 0.25) is 0 Å². The van der Waals surface area contributed by atoms with E-state index < -0.39 is 0 Å². The van der Waals surface area contributed by atoms with Crippen molar-refractivity contribution in [1.29, 1.82) is 0 Å². The van der Waals surface area contributed by atoms with Crippen LogP contribution in [0.15, 0.2) is 78.2 Å². The molecular formula is C31H36S. The predicted molar refractivity (Wildman–Crippen MR) is 142 cm³/mol. The van der Waals surface area contributed by atoms with Crippen LogP contribution in [0.3, 0.4) is 0 Å². The van der Waals surface area contributed by atoms with Crippen LogP contribution in [0.1, 0.15) is 70.3 Å². The van der Waals surface area contributed by atoms with E-state index in [1.54, 1.807) is 0 Å². The molecular weight excluding hydrogens is 404 g/mol. The van der Waals surface area contributed by atoms with Crippen LogP contribution in [0.2, 0.25) is 0 Å². The Morgan fingerprint density at radius 2 is 1.75 bits per heavy atom. The fourth-order valence-electron chi connectivity index (χ4n) is 6.18. The van der Waals surface area contributed by atoms with Crippen LogP contribution < -0.4 is 0 Å². The first kappa shape index (κ1) is 21.8. The van der Waals surface area contributed by atoms with E-state index in [0.717, 1.165) is 11.8 Å². The van der Waals surface area contributed by atoms with Gasteiger partial charge in [-0.05, 0) is 89.1 Å². The monoisotopic (exact) mass is 440 g/mol. The molecule has 0 spiro atoms. The molecule has 0 amide bonds. The molecule has 2 bridgehead atoms. The number of hydrogen-bond donors (Lipinski definition) is 0. The third kappa shape index (κ3) is 4.42. The molecule has 4 atom stereocenters. The zero-order chi connectivity index (χ0) is 22.1. The zero-order valence-corrected chi connectivity index (χ0v) is 20.5. The maximum atomic E-state index is 3.94. The van der Waals surface area contributed by atoms with E-state index in [9.17, 15) is 0 Å². The molecule has 3 aromatic rings. The van der Waals surface area contributed by atoms with E-state index >= 15 is 0 Å². The van der Waals surface area contributed by atoms with Crippen LogP contribution in [0.5, 0.6) is 0 Å². The fourth-order valence-corrected chi connectivity index (χ4v) is 7.84. The van der Waals surface area contributed by atoms with Crippen LogP contribution in [0.25, 0.3) is 21.9 Å². The average molecular weight is 441 g/mol. The molecule has 32 heavy (non-hydrogen) atoms. The minimum absolute atomic E-state index is 0.389. The maximum absolute atomic E-state index is 3.94. The van der Waals surface area contributed by atoms with Crippen molar-refractivity contribution >= 4 is 22.5 Å². The SMILES string of the molecule is C=CC(C)c1ccc2cc(-c3ccc(SC45CCCC(CC(CC)C4)C5)cc3)ccc2c1. The van der Waals surface area contributed by atoms with E-state index in [-0.39, 0.29) is 0 Å². The number of thioether (sulfide) groups is 1. The fraction of sp³-hybridized carbons (Fsp3) is 0.419. The predicted octanol–water partition coefficient (Wildman–Crippen LogP) is 9.64. The maximum Gasteiger partial charge on any atom is 0.0212 e. The van der Waals surface area contributed by atoms with Gasteiger partial charge in [-0.1, -0.05) is 81.7 Å². The van der Waals surface area contributed by atoms with Crippen molar-refractivity contribution < 1.29 is 0 Å². The number of rotatable bonds is 6. The molecule has 0 saturated heterocycles. The molecule has 0 N–H and O–H groups in total. The van der Waals surface area contributed by atoms with Gasteiger partial charge in [-0.3, -0.25) is 0 Å². The standard InChI is InChI=1S/C31H36S/c1-4-22(3)26-8-9-29-19-27(10-11-28(29)18-26)25-12-14-30(15-13-25)32-31-16-6-7-24(21-31)17-23(5-2)20-31/h4,8-15,18-19,22-24H,1,5-7,16-17,20-21H2,2-3H3. The Balaban J connectivity index is 1.35.